The molecule has 0 spiro atoms. The van der Waals surface area contributed by atoms with E-state index in [0.717, 1.165) is 35.4 Å². The van der Waals surface area contributed by atoms with Gasteiger partial charge in [0.1, 0.15) is 12.4 Å². The quantitative estimate of drug-likeness (QED) is 0.749. The second kappa shape index (κ2) is 7.21. The zero-order valence-electron chi connectivity index (χ0n) is 13.6. The van der Waals surface area contributed by atoms with Crippen LogP contribution in [0.25, 0.3) is 10.2 Å². The zero-order chi connectivity index (χ0) is 17.1. The van der Waals surface area contributed by atoms with E-state index in [-0.39, 0.29) is 12.0 Å². The molecule has 2 aromatic carbocycles. The highest BCUT2D eigenvalue weighted by molar-refractivity contribution is 7.22. The van der Waals surface area contributed by atoms with Gasteiger partial charge in [-0.05, 0) is 49.2 Å². The standard InChI is InChI=1S/C19H18N2O3S/c22-18(21-19-20-16-5-1-2-6-17(16)25-19)13-7-9-14(10-8-13)24-12-15-4-3-11-23-15/h1-2,5-10,15H,3-4,11-12H2,(H,20,21,22)/t15-/m0/s1. The summed E-state index contributed by atoms with van der Waals surface area (Å²) < 4.78 is 12.3. The Hall–Kier alpha value is -2.44. The summed E-state index contributed by atoms with van der Waals surface area (Å²) in [7, 11) is 0. The lowest BCUT2D eigenvalue weighted by Crippen LogP contribution is -2.16. The zero-order valence-corrected chi connectivity index (χ0v) is 14.4. The molecule has 5 nitrogen and oxygen atoms in total. The fourth-order valence-corrected chi connectivity index (χ4v) is 3.62. The number of hydrogen-bond donors (Lipinski definition) is 1. The second-order valence-electron chi connectivity index (χ2n) is 5.91. The number of carbonyl (C=O) groups excluding carboxylic acids is 1. The van der Waals surface area contributed by atoms with Crippen molar-refractivity contribution >= 4 is 32.6 Å². The smallest absolute Gasteiger partial charge is 0.257 e. The van der Waals surface area contributed by atoms with Gasteiger partial charge < -0.3 is 9.47 Å². The number of hydrogen-bond acceptors (Lipinski definition) is 5. The predicted octanol–water partition coefficient (Wildman–Crippen LogP) is 4.11. The third-order valence-corrected chi connectivity index (χ3v) is 5.04. The Morgan fingerprint density at radius 1 is 1.24 bits per heavy atom. The average Bonchev–Trinajstić information content (AvgIpc) is 3.29. The Bertz CT molecular complexity index is 837. The van der Waals surface area contributed by atoms with Gasteiger partial charge in [-0.2, -0.15) is 0 Å². The van der Waals surface area contributed by atoms with Crippen molar-refractivity contribution in [2.45, 2.75) is 18.9 Å². The molecule has 1 fully saturated rings. The van der Waals surface area contributed by atoms with Crippen LogP contribution in [0.3, 0.4) is 0 Å². The molecule has 0 radical (unpaired) electrons. The van der Waals surface area contributed by atoms with Crippen LogP contribution < -0.4 is 10.1 Å². The summed E-state index contributed by atoms with van der Waals surface area (Å²) in [5, 5.41) is 3.45. The number of aromatic nitrogens is 1. The highest BCUT2D eigenvalue weighted by Crippen LogP contribution is 2.26. The Labute approximate surface area is 149 Å². The summed E-state index contributed by atoms with van der Waals surface area (Å²) in [6.45, 7) is 1.37. The van der Waals surface area contributed by atoms with E-state index in [1.165, 1.54) is 11.3 Å². The molecule has 3 aromatic rings. The van der Waals surface area contributed by atoms with E-state index in [1.807, 2.05) is 36.4 Å². The van der Waals surface area contributed by atoms with Crippen LogP contribution in [0.15, 0.2) is 48.5 Å². The molecule has 1 atom stereocenters. The number of nitrogens with one attached hydrogen (secondary N) is 1. The van der Waals surface area contributed by atoms with E-state index in [9.17, 15) is 4.79 Å². The molecule has 25 heavy (non-hydrogen) atoms. The number of ether oxygens (including phenoxy) is 2. The van der Waals surface area contributed by atoms with Crippen LogP contribution in [0.1, 0.15) is 23.2 Å². The van der Waals surface area contributed by atoms with E-state index in [1.54, 1.807) is 12.1 Å². The molecule has 128 valence electrons. The van der Waals surface area contributed by atoms with Gasteiger partial charge in [0.25, 0.3) is 5.91 Å². The van der Waals surface area contributed by atoms with Gasteiger partial charge in [0.15, 0.2) is 5.13 Å². The number of nitrogens with zero attached hydrogens (tertiary/aromatic N) is 1. The first-order chi connectivity index (χ1) is 12.3. The van der Waals surface area contributed by atoms with E-state index in [4.69, 9.17) is 9.47 Å². The predicted molar refractivity (Wildman–Crippen MR) is 98.5 cm³/mol. The SMILES string of the molecule is O=C(Nc1nc2ccccc2s1)c1ccc(OC[C@@H]2CCCO2)cc1. The van der Waals surface area contributed by atoms with Gasteiger partial charge in [0.2, 0.25) is 0 Å². The number of amides is 1. The molecule has 1 amide bonds. The molecule has 1 saturated heterocycles. The molecule has 4 rings (SSSR count). The number of para-hydroxylation sites is 1. The van der Waals surface area contributed by atoms with E-state index in [0.29, 0.717) is 17.3 Å². The summed E-state index contributed by atoms with van der Waals surface area (Å²) in [5.74, 6) is 0.566. The van der Waals surface area contributed by atoms with Crippen molar-refractivity contribution in [1.29, 1.82) is 0 Å². The van der Waals surface area contributed by atoms with Gasteiger partial charge >= 0.3 is 0 Å². The molecular weight excluding hydrogens is 336 g/mol. The van der Waals surface area contributed by atoms with Crippen LogP contribution in [-0.4, -0.2) is 30.2 Å². The van der Waals surface area contributed by atoms with Crippen LogP contribution in [0.5, 0.6) is 5.75 Å². The van der Waals surface area contributed by atoms with Crippen molar-refractivity contribution < 1.29 is 14.3 Å². The Morgan fingerprint density at radius 2 is 2.08 bits per heavy atom. The number of rotatable bonds is 5. The van der Waals surface area contributed by atoms with E-state index < -0.39 is 0 Å². The van der Waals surface area contributed by atoms with Crippen molar-refractivity contribution in [1.82, 2.24) is 4.98 Å². The number of anilines is 1. The first kappa shape index (κ1) is 16.1. The molecule has 2 heterocycles. The minimum absolute atomic E-state index is 0.176. The van der Waals surface area contributed by atoms with Gasteiger partial charge in [-0.25, -0.2) is 4.98 Å². The minimum Gasteiger partial charge on any atom is -0.491 e. The first-order valence-corrected chi connectivity index (χ1v) is 9.11. The van der Waals surface area contributed by atoms with Crippen molar-refractivity contribution in [3.05, 3.63) is 54.1 Å². The van der Waals surface area contributed by atoms with Gasteiger partial charge in [-0.1, -0.05) is 23.5 Å². The Morgan fingerprint density at radius 3 is 2.84 bits per heavy atom. The molecule has 0 unspecified atom stereocenters. The maximum absolute atomic E-state index is 12.4. The summed E-state index contributed by atoms with van der Waals surface area (Å²) in [5.41, 5.74) is 1.46. The highest BCUT2D eigenvalue weighted by atomic mass is 32.1. The van der Waals surface area contributed by atoms with Crippen LogP contribution in [-0.2, 0) is 4.74 Å². The number of fused-ring (bicyclic) bond motifs is 1. The summed E-state index contributed by atoms with van der Waals surface area (Å²) in [6.07, 6.45) is 2.32. The molecule has 0 saturated carbocycles. The third-order valence-electron chi connectivity index (χ3n) is 4.09. The lowest BCUT2D eigenvalue weighted by atomic mass is 10.2. The third kappa shape index (κ3) is 3.81. The van der Waals surface area contributed by atoms with E-state index in [2.05, 4.69) is 10.3 Å². The summed E-state index contributed by atoms with van der Waals surface area (Å²) in [6, 6.07) is 14.9. The van der Waals surface area contributed by atoms with Gasteiger partial charge in [0.05, 0.1) is 16.3 Å². The Balaban J connectivity index is 1.38. The fourth-order valence-electron chi connectivity index (χ4n) is 2.76. The minimum atomic E-state index is -0.176. The summed E-state index contributed by atoms with van der Waals surface area (Å²) >= 11 is 1.46. The highest BCUT2D eigenvalue weighted by Gasteiger charge is 2.16. The van der Waals surface area contributed by atoms with Crippen LogP contribution in [0.2, 0.25) is 0 Å². The van der Waals surface area contributed by atoms with Gasteiger partial charge in [-0.3, -0.25) is 10.1 Å². The monoisotopic (exact) mass is 354 g/mol. The Kier molecular flexibility index (Phi) is 4.63. The molecule has 1 aromatic heterocycles. The number of thiazole rings is 1. The number of carbonyl (C=O) groups is 1. The lowest BCUT2D eigenvalue weighted by molar-refractivity contribution is 0.0679. The van der Waals surface area contributed by atoms with Crippen molar-refractivity contribution in [3.63, 3.8) is 0 Å². The normalized spacial score (nSPS) is 16.9. The van der Waals surface area contributed by atoms with Crippen molar-refractivity contribution in [3.8, 4) is 5.75 Å². The average molecular weight is 354 g/mol. The molecule has 1 aliphatic rings. The van der Waals surface area contributed by atoms with Crippen LogP contribution >= 0.6 is 11.3 Å². The van der Waals surface area contributed by atoms with E-state index >= 15 is 0 Å². The molecular formula is C19H18N2O3S. The summed E-state index contributed by atoms with van der Waals surface area (Å²) in [4.78, 5) is 16.8. The lowest BCUT2D eigenvalue weighted by Gasteiger charge is -2.11. The molecule has 1 aliphatic heterocycles. The molecule has 6 heteroatoms. The van der Waals surface area contributed by atoms with Gasteiger partial charge in [-0.15, -0.1) is 0 Å². The fraction of sp³-hybridized carbons (Fsp3) is 0.263. The maximum Gasteiger partial charge on any atom is 0.257 e. The number of benzene rings is 2. The second-order valence-corrected chi connectivity index (χ2v) is 6.94. The molecule has 1 N–H and O–H groups in total. The van der Waals surface area contributed by atoms with Gasteiger partial charge in [0, 0.05) is 12.2 Å². The van der Waals surface area contributed by atoms with Crippen molar-refractivity contribution in [2.75, 3.05) is 18.5 Å². The van der Waals surface area contributed by atoms with Crippen LogP contribution in [0.4, 0.5) is 5.13 Å². The molecule has 0 aliphatic carbocycles. The largest absolute Gasteiger partial charge is 0.491 e. The topological polar surface area (TPSA) is 60.5 Å². The van der Waals surface area contributed by atoms with Crippen molar-refractivity contribution in [2.24, 2.45) is 0 Å². The maximum atomic E-state index is 12.4. The first-order valence-electron chi connectivity index (χ1n) is 8.29. The molecule has 0 bridgehead atoms. The van der Waals surface area contributed by atoms with Crippen LogP contribution in [0, 0.1) is 0 Å².